The van der Waals surface area contributed by atoms with E-state index in [0.29, 0.717) is 18.3 Å². The lowest BCUT2D eigenvalue weighted by Gasteiger charge is -2.38. The van der Waals surface area contributed by atoms with Gasteiger partial charge in [-0.15, -0.1) is 0 Å². The smallest absolute Gasteiger partial charge is 0.310 e. The summed E-state index contributed by atoms with van der Waals surface area (Å²) in [5.74, 6) is 0. The number of ether oxygens (including phenoxy) is 1. The minimum absolute atomic E-state index is 0.00901. The van der Waals surface area contributed by atoms with Crippen molar-refractivity contribution in [3.05, 3.63) is 28.6 Å². The molecule has 0 saturated carbocycles. The van der Waals surface area contributed by atoms with E-state index in [0.717, 1.165) is 19.8 Å². The highest BCUT2D eigenvalue weighted by Gasteiger charge is 2.24. The number of nitro groups is 1. The van der Waals surface area contributed by atoms with Gasteiger partial charge in [0.15, 0.2) is 0 Å². The number of anilines is 1. The second kappa shape index (κ2) is 6.62. The average Bonchev–Trinajstić information content (AvgIpc) is 2.45. The molecular weight excluding hydrogens is 260 g/mol. The summed E-state index contributed by atoms with van der Waals surface area (Å²) in [4.78, 5) is 16.6. The predicted molar refractivity (Wildman–Crippen MR) is 75.8 cm³/mol. The summed E-state index contributed by atoms with van der Waals surface area (Å²) in [5, 5.41) is 14.1. The maximum atomic E-state index is 10.9. The van der Waals surface area contributed by atoms with Crippen molar-refractivity contribution in [3.8, 4) is 0 Å². The Morgan fingerprint density at radius 1 is 1.70 bits per heavy atom. The Kier molecular flexibility index (Phi) is 4.86. The molecule has 20 heavy (non-hydrogen) atoms. The molecule has 1 aromatic heterocycles. The summed E-state index contributed by atoms with van der Waals surface area (Å²) in [7, 11) is 0. The summed E-state index contributed by atoms with van der Waals surface area (Å²) in [6.45, 7) is 7.26. The first-order valence-electron chi connectivity index (χ1n) is 6.75. The van der Waals surface area contributed by atoms with Crippen LogP contribution in [0.2, 0.25) is 0 Å². The first kappa shape index (κ1) is 14.7. The molecule has 7 nitrogen and oxygen atoms in total. The van der Waals surface area contributed by atoms with Gasteiger partial charge in [0.2, 0.25) is 0 Å². The molecule has 1 N–H and O–H groups in total. The van der Waals surface area contributed by atoms with Crippen LogP contribution in [0.3, 0.4) is 0 Å². The highest BCUT2D eigenvalue weighted by molar-refractivity contribution is 5.59. The summed E-state index contributed by atoms with van der Waals surface area (Å²) < 4.78 is 5.42. The van der Waals surface area contributed by atoms with Gasteiger partial charge in [0.25, 0.3) is 0 Å². The maximum absolute atomic E-state index is 10.9. The summed E-state index contributed by atoms with van der Waals surface area (Å²) >= 11 is 0. The van der Waals surface area contributed by atoms with Gasteiger partial charge in [-0.05, 0) is 19.9 Å². The molecule has 110 valence electrons. The Morgan fingerprint density at radius 3 is 3.20 bits per heavy atom. The fraction of sp³-hybridized carbons (Fsp3) is 0.615. The maximum Gasteiger partial charge on any atom is 0.310 e. The van der Waals surface area contributed by atoms with Gasteiger partial charge in [0.1, 0.15) is 11.9 Å². The minimum atomic E-state index is -0.419. The first-order valence-corrected chi connectivity index (χ1v) is 6.75. The number of hydrogen-bond donors (Lipinski definition) is 1. The van der Waals surface area contributed by atoms with Gasteiger partial charge in [-0.1, -0.05) is 0 Å². The number of rotatable bonds is 5. The van der Waals surface area contributed by atoms with Crippen molar-refractivity contribution in [1.82, 2.24) is 9.88 Å². The Bertz CT molecular complexity index is 469. The fourth-order valence-electron chi connectivity index (χ4n) is 2.45. The van der Waals surface area contributed by atoms with E-state index < -0.39 is 4.92 Å². The zero-order valence-electron chi connectivity index (χ0n) is 11.8. The largest absolute Gasteiger partial charge is 0.379 e. The van der Waals surface area contributed by atoms with Crippen LogP contribution in [0.4, 0.5) is 11.4 Å². The monoisotopic (exact) mass is 280 g/mol. The molecule has 1 saturated heterocycles. The van der Waals surface area contributed by atoms with Gasteiger partial charge in [0.05, 0.1) is 18.1 Å². The molecule has 1 aromatic rings. The number of nitrogens with one attached hydrogen (secondary N) is 1. The van der Waals surface area contributed by atoms with Crippen LogP contribution in [0.5, 0.6) is 0 Å². The molecule has 0 aromatic carbocycles. The zero-order chi connectivity index (χ0) is 14.5. The van der Waals surface area contributed by atoms with E-state index >= 15 is 0 Å². The first-order chi connectivity index (χ1) is 9.59. The van der Waals surface area contributed by atoms with Gasteiger partial charge in [0, 0.05) is 31.4 Å². The molecule has 2 rings (SSSR count). The number of nitrogens with zero attached hydrogens (tertiary/aromatic N) is 3. The van der Waals surface area contributed by atoms with E-state index in [9.17, 15) is 10.1 Å². The Hall–Kier alpha value is -1.73. The Labute approximate surface area is 118 Å². The lowest BCUT2D eigenvalue weighted by molar-refractivity contribution is -0.384. The van der Waals surface area contributed by atoms with Crippen LogP contribution in [-0.4, -0.2) is 53.2 Å². The second-order valence-electron chi connectivity index (χ2n) is 5.04. The van der Waals surface area contributed by atoms with E-state index in [2.05, 4.69) is 29.0 Å². The van der Waals surface area contributed by atoms with Crippen molar-refractivity contribution in [1.29, 1.82) is 0 Å². The third-order valence-electron chi connectivity index (χ3n) is 3.57. The van der Waals surface area contributed by atoms with E-state index in [1.54, 1.807) is 12.3 Å². The third kappa shape index (κ3) is 3.43. The van der Waals surface area contributed by atoms with Crippen LogP contribution < -0.4 is 5.32 Å². The van der Waals surface area contributed by atoms with Crippen LogP contribution in [0.1, 0.15) is 13.8 Å². The summed E-state index contributed by atoms with van der Waals surface area (Å²) in [5.41, 5.74) is 0.521. The predicted octanol–water partition coefficient (Wildman–Crippen LogP) is 1.51. The van der Waals surface area contributed by atoms with Gasteiger partial charge in [-0.2, -0.15) is 0 Å². The van der Waals surface area contributed by atoms with Crippen LogP contribution in [0, 0.1) is 10.1 Å². The van der Waals surface area contributed by atoms with E-state index in [4.69, 9.17) is 4.74 Å². The van der Waals surface area contributed by atoms with Gasteiger partial charge in [-0.25, -0.2) is 0 Å². The molecular formula is C13H20N4O3. The lowest BCUT2D eigenvalue weighted by atomic mass is 10.2. The van der Waals surface area contributed by atoms with Crippen molar-refractivity contribution in [2.45, 2.75) is 25.9 Å². The molecule has 1 aliphatic rings. The number of pyridine rings is 1. The Morgan fingerprint density at radius 2 is 2.50 bits per heavy atom. The molecule has 7 heteroatoms. The highest BCUT2D eigenvalue weighted by Crippen LogP contribution is 2.22. The quantitative estimate of drug-likeness (QED) is 0.650. The SMILES string of the molecule is CC(CNc1ccncc1[N+](=O)[O-])N1CCOCC1C. The van der Waals surface area contributed by atoms with Gasteiger partial charge in [-0.3, -0.25) is 20.0 Å². The van der Waals surface area contributed by atoms with E-state index in [-0.39, 0.29) is 11.7 Å². The molecule has 1 fully saturated rings. The van der Waals surface area contributed by atoms with Gasteiger partial charge < -0.3 is 10.1 Å². The van der Waals surface area contributed by atoms with Crippen molar-refractivity contribution in [2.24, 2.45) is 0 Å². The highest BCUT2D eigenvalue weighted by atomic mass is 16.6. The molecule has 0 aliphatic carbocycles. The van der Waals surface area contributed by atoms with Crippen molar-refractivity contribution < 1.29 is 9.66 Å². The van der Waals surface area contributed by atoms with Crippen LogP contribution in [0.25, 0.3) is 0 Å². The van der Waals surface area contributed by atoms with Crippen LogP contribution in [0.15, 0.2) is 18.5 Å². The van der Waals surface area contributed by atoms with E-state index in [1.807, 2.05) is 0 Å². The second-order valence-corrected chi connectivity index (χ2v) is 5.04. The van der Waals surface area contributed by atoms with Crippen molar-refractivity contribution in [3.63, 3.8) is 0 Å². The molecule has 0 spiro atoms. The molecule has 0 bridgehead atoms. The summed E-state index contributed by atoms with van der Waals surface area (Å²) in [6, 6.07) is 2.28. The average molecular weight is 280 g/mol. The number of hydrogen-bond acceptors (Lipinski definition) is 6. The summed E-state index contributed by atoms with van der Waals surface area (Å²) in [6.07, 6.45) is 2.82. The van der Waals surface area contributed by atoms with Crippen LogP contribution in [-0.2, 0) is 4.74 Å². The zero-order valence-corrected chi connectivity index (χ0v) is 11.8. The van der Waals surface area contributed by atoms with Gasteiger partial charge >= 0.3 is 5.69 Å². The van der Waals surface area contributed by atoms with Crippen molar-refractivity contribution in [2.75, 3.05) is 31.6 Å². The third-order valence-corrected chi connectivity index (χ3v) is 3.57. The molecule has 2 atom stereocenters. The molecule has 2 unspecified atom stereocenters. The lowest BCUT2D eigenvalue weighted by Crippen LogP contribution is -2.50. The van der Waals surface area contributed by atoms with Crippen molar-refractivity contribution >= 4 is 11.4 Å². The van der Waals surface area contributed by atoms with E-state index in [1.165, 1.54) is 6.20 Å². The fourth-order valence-corrected chi connectivity index (χ4v) is 2.45. The standard InChI is InChI=1S/C13H20N4O3/c1-10(16-5-6-20-9-11(16)2)7-15-12-3-4-14-8-13(12)17(18)19/h3-4,8,10-11H,5-7,9H2,1-2H3,(H,14,15). The number of morpholine rings is 1. The molecule has 1 aliphatic heterocycles. The number of aromatic nitrogens is 1. The molecule has 0 radical (unpaired) electrons. The minimum Gasteiger partial charge on any atom is -0.379 e. The van der Waals surface area contributed by atoms with Crippen LogP contribution >= 0.6 is 0 Å². The Balaban J connectivity index is 1.96. The molecule has 2 heterocycles. The topological polar surface area (TPSA) is 80.5 Å². The molecule has 0 amide bonds. The normalized spacial score (nSPS) is 21.4.